The molecule has 0 aliphatic rings. The van der Waals surface area contributed by atoms with Crippen LogP contribution in [0.5, 0.6) is 0 Å². The lowest BCUT2D eigenvalue weighted by atomic mass is 10.1. The minimum absolute atomic E-state index is 0.0408. The van der Waals surface area contributed by atoms with Crippen LogP contribution in [-0.4, -0.2) is 17.6 Å². The number of aliphatic hydroxyl groups excluding tert-OH is 1. The van der Waals surface area contributed by atoms with Gasteiger partial charge in [0.1, 0.15) is 0 Å². The summed E-state index contributed by atoms with van der Waals surface area (Å²) < 4.78 is 1.04. The van der Waals surface area contributed by atoms with Gasteiger partial charge in [-0.3, -0.25) is 4.79 Å². The number of benzene rings is 2. The van der Waals surface area contributed by atoms with Crippen LogP contribution < -0.4 is 5.32 Å². The predicted octanol–water partition coefficient (Wildman–Crippen LogP) is 3.31. The zero-order valence-corrected chi connectivity index (χ0v) is 11.4. The van der Waals surface area contributed by atoms with Gasteiger partial charge in [0, 0.05) is 23.2 Å². The molecule has 4 heteroatoms. The molecule has 94 valence electrons. The quantitative estimate of drug-likeness (QED) is 0.910. The van der Waals surface area contributed by atoms with Gasteiger partial charge in [-0.25, -0.2) is 0 Å². The molecule has 2 aromatic carbocycles. The topological polar surface area (TPSA) is 49.3 Å². The molecular formula is C14H14BrNO2. The Morgan fingerprint density at radius 1 is 1.17 bits per heavy atom. The molecule has 0 bridgehead atoms. The number of rotatable bonds is 4. The van der Waals surface area contributed by atoms with E-state index in [0.29, 0.717) is 12.8 Å². The van der Waals surface area contributed by atoms with Crippen molar-refractivity contribution in [2.45, 2.75) is 12.8 Å². The molecule has 0 atom stereocenters. The number of anilines is 1. The summed E-state index contributed by atoms with van der Waals surface area (Å²) in [6.07, 6.45) is 0.835. The molecule has 2 rings (SSSR count). The lowest BCUT2D eigenvalue weighted by molar-refractivity contribution is -0.116. The van der Waals surface area contributed by atoms with Gasteiger partial charge >= 0.3 is 0 Å². The Morgan fingerprint density at radius 3 is 2.67 bits per heavy atom. The van der Waals surface area contributed by atoms with E-state index in [-0.39, 0.29) is 12.5 Å². The number of carbonyl (C=O) groups is 1. The molecule has 0 unspecified atom stereocenters. The van der Waals surface area contributed by atoms with Crippen molar-refractivity contribution < 1.29 is 9.90 Å². The molecule has 0 saturated heterocycles. The van der Waals surface area contributed by atoms with Gasteiger partial charge in [-0.2, -0.15) is 0 Å². The minimum Gasteiger partial charge on any atom is -0.396 e. The van der Waals surface area contributed by atoms with E-state index in [1.807, 2.05) is 36.4 Å². The Hall–Kier alpha value is -1.39. The fourth-order valence-corrected chi connectivity index (χ4v) is 2.14. The monoisotopic (exact) mass is 307 g/mol. The van der Waals surface area contributed by atoms with Crippen LogP contribution in [-0.2, 0) is 4.79 Å². The maximum atomic E-state index is 11.5. The number of carbonyl (C=O) groups excluding carboxylic acids is 1. The molecule has 0 spiro atoms. The van der Waals surface area contributed by atoms with Gasteiger partial charge in [-0.15, -0.1) is 0 Å². The predicted molar refractivity (Wildman–Crippen MR) is 76.6 cm³/mol. The van der Waals surface area contributed by atoms with Crippen molar-refractivity contribution >= 4 is 38.3 Å². The summed E-state index contributed by atoms with van der Waals surface area (Å²) >= 11 is 3.43. The molecule has 1 amide bonds. The molecule has 0 heterocycles. The van der Waals surface area contributed by atoms with Crippen LogP contribution in [0.25, 0.3) is 10.8 Å². The number of aliphatic hydroxyl groups is 1. The molecule has 18 heavy (non-hydrogen) atoms. The van der Waals surface area contributed by atoms with E-state index < -0.39 is 0 Å². The highest BCUT2D eigenvalue weighted by molar-refractivity contribution is 9.10. The van der Waals surface area contributed by atoms with Gasteiger partial charge in [0.2, 0.25) is 5.91 Å². The van der Waals surface area contributed by atoms with E-state index >= 15 is 0 Å². The molecule has 0 saturated carbocycles. The molecule has 2 aromatic rings. The van der Waals surface area contributed by atoms with Gasteiger partial charge in [0.05, 0.1) is 0 Å². The van der Waals surface area contributed by atoms with Gasteiger partial charge in [-0.1, -0.05) is 28.1 Å². The third-order valence-corrected chi connectivity index (χ3v) is 3.14. The van der Waals surface area contributed by atoms with Crippen LogP contribution >= 0.6 is 15.9 Å². The molecule has 0 radical (unpaired) electrons. The highest BCUT2D eigenvalue weighted by Crippen LogP contribution is 2.23. The summed E-state index contributed by atoms with van der Waals surface area (Å²) in [5.74, 6) is -0.0690. The van der Waals surface area contributed by atoms with E-state index in [0.717, 1.165) is 20.9 Å². The summed E-state index contributed by atoms with van der Waals surface area (Å²) in [6.45, 7) is 0.0408. The van der Waals surface area contributed by atoms with Crippen LogP contribution in [0.4, 0.5) is 5.69 Å². The average molecular weight is 308 g/mol. The maximum absolute atomic E-state index is 11.5. The Kier molecular flexibility index (Phi) is 4.33. The summed E-state index contributed by atoms with van der Waals surface area (Å²) in [5.41, 5.74) is 0.785. The zero-order chi connectivity index (χ0) is 13.0. The number of nitrogens with one attached hydrogen (secondary N) is 1. The molecule has 3 nitrogen and oxygen atoms in total. The Balaban J connectivity index is 2.15. The SMILES string of the molecule is O=C(CCCO)Nc1ccc2cc(Br)ccc2c1. The maximum Gasteiger partial charge on any atom is 0.224 e. The number of halogens is 1. The third kappa shape index (κ3) is 3.31. The van der Waals surface area contributed by atoms with Crippen molar-refractivity contribution in [3.05, 3.63) is 40.9 Å². The van der Waals surface area contributed by atoms with Crippen LogP contribution in [0.1, 0.15) is 12.8 Å². The second kappa shape index (κ2) is 5.98. The van der Waals surface area contributed by atoms with Gasteiger partial charge in [0.25, 0.3) is 0 Å². The first kappa shape index (κ1) is 13.1. The smallest absolute Gasteiger partial charge is 0.224 e. The normalized spacial score (nSPS) is 10.6. The summed E-state index contributed by atoms with van der Waals surface area (Å²) in [7, 11) is 0. The molecule has 0 fully saturated rings. The van der Waals surface area contributed by atoms with Crippen LogP contribution in [0.3, 0.4) is 0 Å². The van der Waals surface area contributed by atoms with E-state index in [2.05, 4.69) is 21.2 Å². The molecular weight excluding hydrogens is 294 g/mol. The largest absolute Gasteiger partial charge is 0.396 e. The van der Waals surface area contributed by atoms with Gasteiger partial charge in [-0.05, 0) is 41.5 Å². The second-order valence-electron chi connectivity index (χ2n) is 4.08. The van der Waals surface area contributed by atoms with Crippen LogP contribution in [0.2, 0.25) is 0 Å². The molecule has 2 N–H and O–H groups in total. The Morgan fingerprint density at radius 2 is 1.89 bits per heavy atom. The van der Waals surface area contributed by atoms with Crippen molar-refractivity contribution in [3.63, 3.8) is 0 Å². The van der Waals surface area contributed by atoms with Crippen molar-refractivity contribution in [2.75, 3.05) is 11.9 Å². The fourth-order valence-electron chi connectivity index (χ4n) is 1.76. The fraction of sp³-hybridized carbons (Fsp3) is 0.214. The number of hydrogen-bond donors (Lipinski definition) is 2. The van der Waals surface area contributed by atoms with Crippen molar-refractivity contribution in [1.82, 2.24) is 0 Å². The van der Waals surface area contributed by atoms with Crippen molar-refractivity contribution in [3.8, 4) is 0 Å². The van der Waals surface area contributed by atoms with Crippen LogP contribution in [0.15, 0.2) is 40.9 Å². The first-order valence-corrected chi connectivity index (χ1v) is 6.58. The number of amides is 1. The van der Waals surface area contributed by atoms with Crippen molar-refractivity contribution in [1.29, 1.82) is 0 Å². The summed E-state index contributed by atoms with van der Waals surface area (Å²) in [5, 5.41) is 13.7. The second-order valence-corrected chi connectivity index (χ2v) is 5.00. The minimum atomic E-state index is -0.0690. The first-order valence-electron chi connectivity index (χ1n) is 5.79. The van der Waals surface area contributed by atoms with E-state index in [1.165, 1.54) is 0 Å². The lowest BCUT2D eigenvalue weighted by Gasteiger charge is -2.06. The van der Waals surface area contributed by atoms with E-state index in [1.54, 1.807) is 0 Å². The Bertz CT molecular complexity index is 569. The molecule has 0 aromatic heterocycles. The number of fused-ring (bicyclic) bond motifs is 1. The van der Waals surface area contributed by atoms with Crippen LogP contribution in [0, 0.1) is 0 Å². The third-order valence-electron chi connectivity index (χ3n) is 2.65. The Labute approximate surface area is 114 Å². The van der Waals surface area contributed by atoms with Gasteiger partial charge < -0.3 is 10.4 Å². The molecule has 0 aliphatic carbocycles. The standard InChI is InChI=1S/C14H14BrNO2/c15-12-5-3-11-9-13(6-4-10(11)8-12)16-14(18)2-1-7-17/h3-6,8-9,17H,1-2,7H2,(H,16,18). The summed E-state index contributed by atoms with van der Waals surface area (Å²) in [4.78, 5) is 11.5. The summed E-state index contributed by atoms with van der Waals surface area (Å²) in [6, 6.07) is 11.8. The lowest BCUT2D eigenvalue weighted by Crippen LogP contribution is -2.11. The van der Waals surface area contributed by atoms with Crippen molar-refractivity contribution in [2.24, 2.45) is 0 Å². The highest BCUT2D eigenvalue weighted by Gasteiger charge is 2.03. The van der Waals surface area contributed by atoms with E-state index in [9.17, 15) is 4.79 Å². The molecule has 0 aliphatic heterocycles. The average Bonchev–Trinajstić information content (AvgIpc) is 2.36. The van der Waals surface area contributed by atoms with E-state index in [4.69, 9.17) is 5.11 Å². The van der Waals surface area contributed by atoms with Gasteiger partial charge in [0.15, 0.2) is 0 Å². The highest BCUT2D eigenvalue weighted by atomic mass is 79.9. The first-order chi connectivity index (χ1) is 8.69. The number of hydrogen-bond acceptors (Lipinski definition) is 2. The zero-order valence-electron chi connectivity index (χ0n) is 9.82.